The van der Waals surface area contributed by atoms with Gasteiger partial charge in [-0.25, -0.2) is 0 Å². The molecule has 0 saturated carbocycles. The average molecular weight is 350 g/mol. The molecule has 0 spiro atoms. The van der Waals surface area contributed by atoms with Gasteiger partial charge in [0.1, 0.15) is 6.04 Å². The molecule has 0 aliphatic carbocycles. The van der Waals surface area contributed by atoms with E-state index in [0.717, 1.165) is 26.9 Å². The smallest absolute Gasteiger partial charge is 0.140 e. The second kappa shape index (κ2) is 6.30. The zero-order valence-electron chi connectivity index (χ0n) is 11.2. The number of hydrogen-bond donors (Lipinski definition) is 1. The van der Waals surface area contributed by atoms with E-state index in [4.69, 9.17) is 11.6 Å². The van der Waals surface area contributed by atoms with Gasteiger partial charge >= 0.3 is 0 Å². The van der Waals surface area contributed by atoms with Gasteiger partial charge in [0.25, 0.3) is 0 Å². The van der Waals surface area contributed by atoms with Crippen LogP contribution in [0.1, 0.15) is 22.7 Å². The standard InChI is InChI=1S/C16H14BrClN2/c1-10-4-3-5-11(2)16(10)15(9-19)20-12-6-7-14(18)13(17)8-12/h3-8,15,20H,1-2H3. The monoisotopic (exact) mass is 348 g/mol. The van der Waals surface area contributed by atoms with E-state index in [1.807, 2.05) is 44.2 Å². The number of halogens is 2. The van der Waals surface area contributed by atoms with Crippen LogP contribution < -0.4 is 5.32 Å². The molecule has 1 N–H and O–H groups in total. The molecule has 0 bridgehead atoms. The van der Waals surface area contributed by atoms with Crippen molar-refractivity contribution in [2.24, 2.45) is 0 Å². The van der Waals surface area contributed by atoms with Crippen molar-refractivity contribution in [3.8, 4) is 6.07 Å². The molecular formula is C16H14BrClN2. The molecule has 2 nitrogen and oxygen atoms in total. The Bertz CT molecular complexity index is 656. The zero-order chi connectivity index (χ0) is 14.7. The molecule has 0 fully saturated rings. The molecule has 20 heavy (non-hydrogen) atoms. The minimum Gasteiger partial charge on any atom is -0.366 e. The Balaban J connectivity index is 2.34. The number of anilines is 1. The van der Waals surface area contributed by atoms with Crippen LogP contribution in [0.5, 0.6) is 0 Å². The van der Waals surface area contributed by atoms with Crippen LogP contribution in [0.15, 0.2) is 40.9 Å². The normalized spacial score (nSPS) is 11.8. The van der Waals surface area contributed by atoms with Gasteiger partial charge in [-0.3, -0.25) is 0 Å². The maximum atomic E-state index is 9.46. The molecule has 2 aromatic rings. The second-order valence-corrected chi connectivity index (χ2v) is 5.90. The predicted molar refractivity (Wildman–Crippen MR) is 87.0 cm³/mol. The predicted octanol–water partition coefficient (Wildman–Crippen LogP) is 5.40. The summed E-state index contributed by atoms with van der Waals surface area (Å²) >= 11 is 9.37. The summed E-state index contributed by atoms with van der Waals surface area (Å²) in [5.41, 5.74) is 4.10. The van der Waals surface area contributed by atoms with Crippen molar-refractivity contribution in [1.29, 1.82) is 5.26 Å². The summed E-state index contributed by atoms with van der Waals surface area (Å²) in [7, 11) is 0. The summed E-state index contributed by atoms with van der Waals surface area (Å²) in [6.45, 7) is 4.04. The first-order valence-corrected chi connectivity index (χ1v) is 7.37. The molecule has 2 aromatic carbocycles. The third-order valence-corrected chi connectivity index (χ3v) is 4.40. The van der Waals surface area contributed by atoms with Crippen LogP contribution >= 0.6 is 27.5 Å². The van der Waals surface area contributed by atoms with Gasteiger partial charge in [-0.1, -0.05) is 29.8 Å². The number of nitrogens with one attached hydrogen (secondary N) is 1. The topological polar surface area (TPSA) is 35.8 Å². The lowest BCUT2D eigenvalue weighted by Crippen LogP contribution is -2.11. The zero-order valence-corrected chi connectivity index (χ0v) is 13.6. The summed E-state index contributed by atoms with van der Waals surface area (Å²) in [6.07, 6.45) is 0. The van der Waals surface area contributed by atoms with Gasteiger partial charge in [0.05, 0.1) is 11.1 Å². The summed E-state index contributed by atoms with van der Waals surface area (Å²) in [5.74, 6) is 0. The minimum atomic E-state index is -0.385. The van der Waals surface area contributed by atoms with Crippen LogP contribution in [0.25, 0.3) is 0 Å². The Morgan fingerprint density at radius 3 is 2.40 bits per heavy atom. The summed E-state index contributed by atoms with van der Waals surface area (Å²) in [6, 6.07) is 13.5. The molecule has 0 amide bonds. The van der Waals surface area contributed by atoms with Crippen molar-refractivity contribution in [1.82, 2.24) is 0 Å². The van der Waals surface area contributed by atoms with Gasteiger partial charge in [0.15, 0.2) is 0 Å². The van der Waals surface area contributed by atoms with Gasteiger partial charge in [-0.05, 0) is 64.7 Å². The molecule has 4 heteroatoms. The lowest BCUT2D eigenvalue weighted by Gasteiger charge is -2.18. The number of nitrogens with zero attached hydrogens (tertiary/aromatic N) is 1. The quantitative estimate of drug-likeness (QED) is 0.805. The van der Waals surface area contributed by atoms with Crippen molar-refractivity contribution in [2.45, 2.75) is 19.9 Å². The molecule has 102 valence electrons. The fraction of sp³-hybridized carbons (Fsp3) is 0.188. The first kappa shape index (κ1) is 14.9. The molecule has 0 aliphatic heterocycles. The number of rotatable bonds is 3. The molecule has 0 aromatic heterocycles. The highest BCUT2D eigenvalue weighted by Gasteiger charge is 2.15. The molecule has 0 radical (unpaired) electrons. The lowest BCUT2D eigenvalue weighted by molar-refractivity contribution is 0.965. The van der Waals surface area contributed by atoms with E-state index < -0.39 is 0 Å². The molecular weight excluding hydrogens is 336 g/mol. The number of benzene rings is 2. The largest absolute Gasteiger partial charge is 0.366 e. The second-order valence-electron chi connectivity index (χ2n) is 4.64. The third kappa shape index (κ3) is 3.15. The van der Waals surface area contributed by atoms with Gasteiger partial charge in [0, 0.05) is 10.2 Å². The summed E-state index contributed by atoms with van der Waals surface area (Å²) in [5, 5.41) is 13.4. The van der Waals surface area contributed by atoms with Crippen LogP contribution in [0.4, 0.5) is 5.69 Å². The van der Waals surface area contributed by atoms with Crippen molar-refractivity contribution >= 4 is 33.2 Å². The maximum absolute atomic E-state index is 9.46. The Kier molecular flexibility index (Phi) is 4.69. The fourth-order valence-corrected chi connectivity index (χ4v) is 2.70. The molecule has 1 unspecified atom stereocenters. The van der Waals surface area contributed by atoms with Crippen molar-refractivity contribution in [3.05, 3.63) is 62.6 Å². The van der Waals surface area contributed by atoms with Crippen LogP contribution in [0, 0.1) is 25.2 Å². The van der Waals surface area contributed by atoms with E-state index in [1.165, 1.54) is 0 Å². The summed E-state index contributed by atoms with van der Waals surface area (Å²) < 4.78 is 0.808. The summed E-state index contributed by atoms with van der Waals surface area (Å²) in [4.78, 5) is 0. The minimum absolute atomic E-state index is 0.385. The highest BCUT2D eigenvalue weighted by molar-refractivity contribution is 9.10. The third-order valence-electron chi connectivity index (χ3n) is 3.19. The van der Waals surface area contributed by atoms with E-state index in [-0.39, 0.29) is 6.04 Å². The first-order chi connectivity index (χ1) is 9.52. The van der Waals surface area contributed by atoms with Gasteiger partial charge in [-0.2, -0.15) is 5.26 Å². The van der Waals surface area contributed by atoms with Crippen LogP contribution in [0.2, 0.25) is 5.02 Å². The Hall–Kier alpha value is -1.50. The van der Waals surface area contributed by atoms with Gasteiger partial charge in [-0.15, -0.1) is 0 Å². The van der Waals surface area contributed by atoms with E-state index in [1.54, 1.807) is 6.07 Å². The molecule has 1 atom stereocenters. The Morgan fingerprint density at radius 2 is 1.85 bits per heavy atom. The molecule has 0 heterocycles. The Morgan fingerprint density at radius 1 is 1.20 bits per heavy atom. The van der Waals surface area contributed by atoms with Crippen LogP contribution in [-0.4, -0.2) is 0 Å². The molecule has 2 rings (SSSR count). The van der Waals surface area contributed by atoms with Crippen LogP contribution in [-0.2, 0) is 0 Å². The fourth-order valence-electron chi connectivity index (χ4n) is 2.20. The van der Waals surface area contributed by atoms with Crippen molar-refractivity contribution in [3.63, 3.8) is 0 Å². The van der Waals surface area contributed by atoms with E-state index >= 15 is 0 Å². The molecule has 0 saturated heterocycles. The first-order valence-electron chi connectivity index (χ1n) is 6.20. The average Bonchev–Trinajstić information content (AvgIpc) is 2.41. The number of nitriles is 1. The van der Waals surface area contributed by atoms with E-state index in [2.05, 4.69) is 27.3 Å². The highest BCUT2D eigenvalue weighted by atomic mass is 79.9. The Labute approximate surface area is 132 Å². The van der Waals surface area contributed by atoms with Gasteiger partial charge in [0.2, 0.25) is 0 Å². The van der Waals surface area contributed by atoms with Crippen molar-refractivity contribution < 1.29 is 0 Å². The lowest BCUT2D eigenvalue weighted by atomic mass is 9.96. The SMILES string of the molecule is Cc1cccc(C)c1C(C#N)Nc1ccc(Cl)c(Br)c1. The number of aryl methyl sites for hydroxylation is 2. The number of hydrogen-bond acceptors (Lipinski definition) is 2. The molecule has 0 aliphatic rings. The van der Waals surface area contributed by atoms with E-state index in [9.17, 15) is 5.26 Å². The maximum Gasteiger partial charge on any atom is 0.140 e. The van der Waals surface area contributed by atoms with E-state index in [0.29, 0.717) is 5.02 Å². The van der Waals surface area contributed by atoms with Crippen molar-refractivity contribution in [2.75, 3.05) is 5.32 Å². The van der Waals surface area contributed by atoms with Crippen LogP contribution in [0.3, 0.4) is 0 Å². The highest BCUT2D eigenvalue weighted by Crippen LogP contribution is 2.29. The van der Waals surface area contributed by atoms with Gasteiger partial charge < -0.3 is 5.32 Å².